The van der Waals surface area contributed by atoms with Crippen molar-refractivity contribution in [1.29, 1.82) is 0 Å². The summed E-state index contributed by atoms with van der Waals surface area (Å²) in [7, 11) is 1.79. The van der Waals surface area contributed by atoms with Gasteiger partial charge in [-0.2, -0.15) is 0 Å². The van der Waals surface area contributed by atoms with E-state index in [4.69, 9.17) is 9.47 Å². The van der Waals surface area contributed by atoms with Gasteiger partial charge in [-0.25, -0.2) is 0 Å². The third-order valence-corrected chi connectivity index (χ3v) is 8.84. The molecular formula is C28H29NO5. The van der Waals surface area contributed by atoms with Crippen molar-refractivity contribution >= 4 is 22.5 Å². The van der Waals surface area contributed by atoms with Crippen molar-refractivity contribution in [2.24, 2.45) is 17.3 Å². The van der Waals surface area contributed by atoms with E-state index < -0.39 is 11.9 Å². The molecule has 2 saturated carbocycles. The average Bonchev–Trinajstić information content (AvgIpc) is 3.15. The number of nitrogens with zero attached hydrogens (tertiary/aromatic N) is 1. The summed E-state index contributed by atoms with van der Waals surface area (Å²) in [4.78, 5) is 28.5. The van der Waals surface area contributed by atoms with E-state index in [1.165, 1.54) is 16.5 Å². The van der Waals surface area contributed by atoms with Crippen LogP contribution in [0.4, 0.5) is 0 Å². The first-order valence-electron chi connectivity index (χ1n) is 12.1. The highest BCUT2D eigenvalue weighted by Crippen LogP contribution is 2.62. The first-order chi connectivity index (χ1) is 16.4. The van der Waals surface area contributed by atoms with Crippen LogP contribution in [0.3, 0.4) is 0 Å². The number of aromatic nitrogens is 1. The van der Waals surface area contributed by atoms with E-state index in [1.54, 1.807) is 7.11 Å². The number of carboxylic acid groups (broad SMARTS) is 1. The number of ketones is 1. The Morgan fingerprint density at radius 1 is 1.24 bits per heavy atom. The zero-order valence-electron chi connectivity index (χ0n) is 19.5. The van der Waals surface area contributed by atoms with Gasteiger partial charge in [0.15, 0.2) is 5.78 Å². The highest BCUT2D eigenvalue weighted by molar-refractivity contribution is 6.01. The number of fused-ring (bicyclic) bond motifs is 4. The van der Waals surface area contributed by atoms with E-state index in [0.29, 0.717) is 11.3 Å². The van der Waals surface area contributed by atoms with Gasteiger partial charge in [-0.3, -0.25) is 14.6 Å². The molecule has 2 aromatic rings. The number of hydrogen-bond donors (Lipinski definition) is 1. The molecule has 6 heteroatoms. The van der Waals surface area contributed by atoms with Gasteiger partial charge in [0.1, 0.15) is 11.9 Å². The number of benzene rings is 1. The van der Waals surface area contributed by atoms with Gasteiger partial charge in [0, 0.05) is 49.6 Å². The van der Waals surface area contributed by atoms with Crippen molar-refractivity contribution in [3.63, 3.8) is 0 Å². The molecule has 2 heterocycles. The molecular weight excluding hydrogens is 430 g/mol. The van der Waals surface area contributed by atoms with Crippen molar-refractivity contribution in [3.8, 4) is 0 Å². The quantitative estimate of drug-likeness (QED) is 0.710. The van der Waals surface area contributed by atoms with Crippen LogP contribution in [0.15, 0.2) is 59.6 Å². The number of pyridine rings is 1. The second kappa shape index (κ2) is 7.77. The summed E-state index contributed by atoms with van der Waals surface area (Å²) in [5, 5.41) is 11.8. The highest BCUT2D eigenvalue weighted by atomic mass is 16.5. The summed E-state index contributed by atoms with van der Waals surface area (Å²) >= 11 is 0. The van der Waals surface area contributed by atoms with Gasteiger partial charge in [-0.05, 0) is 53.3 Å². The van der Waals surface area contributed by atoms with Crippen LogP contribution in [-0.4, -0.2) is 41.2 Å². The first-order valence-corrected chi connectivity index (χ1v) is 12.1. The Hall–Kier alpha value is -2.99. The number of aliphatic carboxylic acids is 1. The number of ether oxygens (including phenoxy) is 2. The Morgan fingerprint density at radius 2 is 2.09 bits per heavy atom. The van der Waals surface area contributed by atoms with Gasteiger partial charge in [0.05, 0.1) is 17.6 Å². The molecule has 4 aliphatic rings. The van der Waals surface area contributed by atoms with Crippen LogP contribution in [0, 0.1) is 17.3 Å². The summed E-state index contributed by atoms with van der Waals surface area (Å²) in [6.07, 6.45) is 8.74. The SMILES string of the molecule is CO[C@@H]1C[C@H]2[C@@H]3OC4=C(C=C3CC[C@]2(C)[C@H]1c1ccc2cnccc2c1)C(=O)CC(C(=O)O)C4. The predicted molar refractivity (Wildman–Crippen MR) is 126 cm³/mol. The largest absolute Gasteiger partial charge is 0.489 e. The Labute approximate surface area is 198 Å². The molecule has 2 fully saturated rings. The Bertz CT molecular complexity index is 1260. The minimum atomic E-state index is -0.932. The highest BCUT2D eigenvalue weighted by Gasteiger charge is 2.59. The maximum atomic E-state index is 12.7. The second-order valence-corrected chi connectivity index (χ2v) is 10.5. The number of rotatable bonds is 3. The molecule has 1 unspecified atom stereocenters. The summed E-state index contributed by atoms with van der Waals surface area (Å²) in [5.74, 6) is -0.731. The fourth-order valence-corrected chi connectivity index (χ4v) is 7.05. The smallest absolute Gasteiger partial charge is 0.307 e. The lowest BCUT2D eigenvalue weighted by atomic mass is 9.61. The Balaban J connectivity index is 1.36. The monoisotopic (exact) mass is 459 g/mol. The van der Waals surface area contributed by atoms with Crippen molar-refractivity contribution in [2.45, 2.75) is 57.2 Å². The standard InChI is InChI=1S/C28H29NO5/c1-28-7-5-17-10-20-22(30)11-19(27(31)32)12-23(20)34-26(17)21(28)13-24(33-2)25(28)16-3-4-18-14-29-8-6-15(18)9-16/h3-4,6,8-10,14,19,21,24-26H,5,7,11-13H2,1-2H3,(H,31,32)/t19?,21-,24+,25-,26+,28-/m0/s1. The van der Waals surface area contributed by atoms with Crippen LogP contribution in [0.2, 0.25) is 0 Å². The molecule has 0 bridgehead atoms. The number of Topliss-reactive ketones (excluding diaryl/α,β-unsaturated/α-hetero) is 1. The lowest BCUT2D eigenvalue weighted by Crippen LogP contribution is -2.44. The van der Waals surface area contributed by atoms with Crippen LogP contribution in [0.5, 0.6) is 0 Å². The van der Waals surface area contributed by atoms with Crippen LogP contribution < -0.4 is 0 Å². The maximum absolute atomic E-state index is 12.7. The first kappa shape index (κ1) is 21.5. The number of carboxylic acids is 1. The zero-order valence-corrected chi connectivity index (χ0v) is 19.5. The molecule has 1 aromatic carbocycles. The van der Waals surface area contributed by atoms with E-state index in [0.717, 1.165) is 24.6 Å². The molecule has 6 nitrogen and oxygen atoms in total. The van der Waals surface area contributed by atoms with Crippen molar-refractivity contribution < 1.29 is 24.2 Å². The number of carbonyl (C=O) groups excluding carboxylic acids is 1. The Kier molecular flexibility index (Phi) is 4.92. The fraction of sp³-hybridized carbons (Fsp3) is 0.464. The van der Waals surface area contributed by atoms with Crippen molar-refractivity contribution in [2.75, 3.05) is 7.11 Å². The van der Waals surface area contributed by atoms with E-state index in [1.807, 2.05) is 24.5 Å². The van der Waals surface area contributed by atoms with E-state index in [2.05, 4.69) is 30.1 Å². The molecule has 176 valence electrons. The van der Waals surface area contributed by atoms with Gasteiger partial charge in [0.2, 0.25) is 0 Å². The number of carbonyl (C=O) groups is 2. The van der Waals surface area contributed by atoms with Gasteiger partial charge < -0.3 is 14.6 Å². The average molecular weight is 460 g/mol. The summed E-state index contributed by atoms with van der Waals surface area (Å²) in [6.45, 7) is 2.36. The number of allylic oxidation sites excluding steroid dienone is 3. The molecule has 1 aliphatic heterocycles. The fourth-order valence-electron chi connectivity index (χ4n) is 7.05. The molecule has 0 spiro atoms. The van der Waals surface area contributed by atoms with Crippen LogP contribution in [0.25, 0.3) is 10.8 Å². The molecule has 3 aliphatic carbocycles. The van der Waals surface area contributed by atoms with Crippen LogP contribution >= 0.6 is 0 Å². The molecule has 6 atom stereocenters. The number of methoxy groups -OCH3 is 1. The van der Waals surface area contributed by atoms with E-state index in [9.17, 15) is 14.7 Å². The molecule has 1 aromatic heterocycles. The van der Waals surface area contributed by atoms with Crippen molar-refractivity contribution in [1.82, 2.24) is 4.98 Å². The normalized spacial score (nSPS) is 34.7. The minimum absolute atomic E-state index is 0.0354. The van der Waals surface area contributed by atoms with Crippen LogP contribution in [0.1, 0.15) is 50.5 Å². The molecule has 0 saturated heterocycles. The minimum Gasteiger partial charge on any atom is -0.489 e. The summed E-state index contributed by atoms with van der Waals surface area (Å²) < 4.78 is 12.6. The molecule has 1 N–H and O–H groups in total. The molecule has 0 amide bonds. The third-order valence-electron chi connectivity index (χ3n) is 8.84. The lowest BCUT2D eigenvalue weighted by molar-refractivity contribution is -0.144. The van der Waals surface area contributed by atoms with E-state index in [-0.39, 0.29) is 48.1 Å². The van der Waals surface area contributed by atoms with Gasteiger partial charge >= 0.3 is 5.97 Å². The molecule has 6 rings (SSSR count). The Morgan fingerprint density at radius 3 is 2.88 bits per heavy atom. The van der Waals surface area contributed by atoms with Crippen molar-refractivity contribution in [3.05, 3.63) is 65.2 Å². The summed E-state index contributed by atoms with van der Waals surface area (Å²) in [5.41, 5.74) is 3.00. The second-order valence-electron chi connectivity index (χ2n) is 10.5. The van der Waals surface area contributed by atoms with Gasteiger partial charge in [-0.15, -0.1) is 0 Å². The topological polar surface area (TPSA) is 85.7 Å². The maximum Gasteiger partial charge on any atom is 0.307 e. The van der Waals surface area contributed by atoms with E-state index >= 15 is 0 Å². The van der Waals surface area contributed by atoms with Gasteiger partial charge in [-0.1, -0.05) is 25.1 Å². The third kappa shape index (κ3) is 3.15. The zero-order chi connectivity index (χ0) is 23.6. The number of hydrogen-bond acceptors (Lipinski definition) is 5. The van der Waals surface area contributed by atoms with Gasteiger partial charge in [0.25, 0.3) is 0 Å². The van der Waals surface area contributed by atoms with Crippen LogP contribution in [-0.2, 0) is 19.1 Å². The lowest BCUT2D eigenvalue weighted by Gasteiger charge is -2.48. The predicted octanol–water partition coefficient (Wildman–Crippen LogP) is 4.80. The molecule has 34 heavy (non-hydrogen) atoms. The molecule has 0 radical (unpaired) electrons. The summed E-state index contributed by atoms with van der Waals surface area (Å²) in [6, 6.07) is 8.67.